The Morgan fingerprint density at radius 1 is 0.783 bits per heavy atom. The molecule has 0 amide bonds. The first-order valence-corrected chi connectivity index (χ1v) is 7.68. The van der Waals surface area contributed by atoms with Crippen LogP contribution in [0.2, 0.25) is 0 Å². The van der Waals surface area contributed by atoms with E-state index in [4.69, 9.17) is 18.9 Å². The first-order valence-electron chi connectivity index (χ1n) is 6.88. The average Bonchev–Trinajstić information content (AvgIpc) is 2.59. The predicted octanol–water partition coefficient (Wildman–Crippen LogP) is 4.55. The third-order valence-electron chi connectivity index (χ3n) is 3.51. The van der Waals surface area contributed by atoms with Crippen molar-refractivity contribution in [2.45, 2.75) is 0 Å². The summed E-state index contributed by atoms with van der Waals surface area (Å²) in [6.45, 7) is 4.18. The lowest BCUT2D eigenvalue weighted by molar-refractivity contribution is 0.324. The monoisotopic (exact) mass is 378 g/mol. The van der Waals surface area contributed by atoms with Crippen LogP contribution < -0.4 is 18.9 Å². The Bertz CT molecular complexity index is 700. The van der Waals surface area contributed by atoms with Gasteiger partial charge in [0.1, 0.15) is 5.75 Å². The summed E-state index contributed by atoms with van der Waals surface area (Å²) in [5, 5.41) is 0. The molecule has 0 spiro atoms. The van der Waals surface area contributed by atoms with Crippen molar-refractivity contribution in [2.24, 2.45) is 0 Å². The average molecular weight is 379 g/mol. The highest BCUT2D eigenvalue weighted by atomic mass is 79.9. The Morgan fingerprint density at radius 3 is 1.78 bits per heavy atom. The van der Waals surface area contributed by atoms with Crippen molar-refractivity contribution in [3.63, 3.8) is 0 Å². The number of methoxy groups -OCH3 is 4. The Labute approximate surface area is 144 Å². The van der Waals surface area contributed by atoms with Crippen molar-refractivity contribution in [1.29, 1.82) is 0 Å². The van der Waals surface area contributed by atoms with Crippen LogP contribution in [0.5, 0.6) is 23.0 Å². The highest BCUT2D eigenvalue weighted by Crippen LogP contribution is 2.41. The summed E-state index contributed by atoms with van der Waals surface area (Å²) in [6, 6.07) is 9.56. The van der Waals surface area contributed by atoms with Gasteiger partial charge in [-0.25, -0.2) is 0 Å². The molecule has 0 aliphatic rings. The standard InChI is InChI=1S/C18H19BrO4/c1-11(12-6-7-15(20-2)14(19)8-12)13-9-16(21-3)18(23-5)17(10-13)22-4/h6-10H,1H2,2-5H3. The lowest BCUT2D eigenvalue weighted by atomic mass is 9.98. The van der Waals surface area contributed by atoms with Crippen molar-refractivity contribution in [1.82, 2.24) is 0 Å². The van der Waals surface area contributed by atoms with Crippen molar-refractivity contribution < 1.29 is 18.9 Å². The van der Waals surface area contributed by atoms with Gasteiger partial charge in [-0.3, -0.25) is 0 Å². The van der Waals surface area contributed by atoms with E-state index in [0.717, 1.165) is 26.9 Å². The fourth-order valence-electron chi connectivity index (χ4n) is 2.28. The van der Waals surface area contributed by atoms with E-state index in [2.05, 4.69) is 22.5 Å². The van der Waals surface area contributed by atoms with E-state index in [0.29, 0.717) is 17.2 Å². The zero-order valence-electron chi connectivity index (χ0n) is 13.6. The van der Waals surface area contributed by atoms with Gasteiger partial charge in [-0.15, -0.1) is 0 Å². The molecule has 0 aromatic heterocycles. The zero-order valence-corrected chi connectivity index (χ0v) is 15.2. The van der Waals surface area contributed by atoms with Crippen LogP contribution in [0.4, 0.5) is 0 Å². The number of hydrogen-bond acceptors (Lipinski definition) is 4. The molecule has 0 saturated heterocycles. The molecule has 5 heteroatoms. The molecular weight excluding hydrogens is 360 g/mol. The second-order valence-electron chi connectivity index (χ2n) is 4.74. The highest BCUT2D eigenvalue weighted by molar-refractivity contribution is 9.10. The SMILES string of the molecule is C=C(c1ccc(OC)c(Br)c1)c1cc(OC)c(OC)c(OC)c1. The summed E-state index contributed by atoms with van der Waals surface area (Å²) in [4.78, 5) is 0. The lowest BCUT2D eigenvalue weighted by Gasteiger charge is -2.16. The van der Waals surface area contributed by atoms with Crippen LogP contribution in [0.25, 0.3) is 5.57 Å². The third-order valence-corrected chi connectivity index (χ3v) is 4.13. The molecule has 0 aliphatic heterocycles. The molecule has 0 atom stereocenters. The van der Waals surface area contributed by atoms with Crippen LogP contribution in [0.3, 0.4) is 0 Å². The minimum absolute atomic E-state index is 0.558. The minimum atomic E-state index is 0.558. The second-order valence-corrected chi connectivity index (χ2v) is 5.60. The van der Waals surface area contributed by atoms with Gasteiger partial charge in [0.2, 0.25) is 5.75 Å². The van der Waals surface area contributed by atoms with E-state index in [-0.39, 0.29) is 0 Å². The summed E-state index contributed by atoms with van der Waals surface area (Å²) in [7, 11) is 6.39. The smallest absolute Gasteiger partial charge is 0.203 e. The summed E-state index contributed by atoms with van der Waals surface area (Å²) >= 11 is 3.49. The molecule has 0 radical (unpaired) electrons. The quantitative estimate of drug-likeness (QED) is 0.738. The molecule has 0 saturated carbocycles. The van der Waals surface area contributed by atoms with Crippen LogP contribution in [0, 0.1) is 0 Å². The molecule has 23 heavy (non-hydrogen) atoms. The van der Waals surface area contributed by atoms with Crippen LogP contribution in [0.1, 0.15) is 11.1 Å². The first-order chi connectivity index (χ1) is 11.0. The maximum absolute atomic E-state index is 5.39. The Hall–Kier alpha value is -2.14. The third kappa shape index (κ3) is 3.45. The minimum Gasteiger partial charge on any atom is -0.496 e. The summed E-state index contributed by atoms with van der Waals surface area (Å²) in [6.07, 6.45) is 0. The van der Waals surface area contributed by atoms with Gasteiger partial charge < -0.3 is 18.9 Å². The van der Waals surface area contributed by atoms with E-state index in [1.807, 2.05) is 30.3 Å². The fraction of sp³-hybridized carbons (Fsp3) is 0.222. The molecule has 0 aliphatic carbocycles. The Kier molecular flexibility index (Phi) is 5.55. The van der Waals surface area contributed by atoms with Gasteiger partial charge in [-0.1, -0.05) is 12.6 Å². The molecular formula is C18H19BrO4. The van der Waals surface area contributed by atoms with E-state index < -0.39 is 0 Å². The second kappa shape index (κ2) is 7.42. The van der Waals surface area contributed by atoms with Crippen molar-refractivity contribution in [3.8, 4) is 23.0 Å². The Balaban J connectivity index is 2.49. The van der Waals surface area contributed by atoms with E-state index >= 15 is 0 Å². The summed E-state index contributed by atoms with van der Waals surface area (Å²) in [5.41, 5.74) is 2.69. The number of rotatable bonds is 6. The largest absolute Gasteiger partial charge is 0.496 e. The molecule has 4 nitrogen and oxygen atoms in total. The number of ether oxygens (including phenoxy) is 4. The molecule has 2 rings (SSSR count). The molecule has 0 unspecified atom stereocenters. The van der Waals surface area contributed by atoms with Crippen molar-refractivity contribution in [2.75, 3.05) is 28.4 Å². The molecule has 0 heterocycles. The van der Waals surface area contributed by atoms with Crippen molar-refractivity contribution in [3.05, 3.63) is 52.5 Å². The summed E-state index contributed by atoms with van der Waals surface area (Å²) in [5.74, 6) is 2.51. The van der Waals surface area contributed by atoms with Gasteiger partial charge >= 0.3 is 0 Å². The molecule has 0 bridgehead atoms. The molecule has 2 aromatic carbocycles. The van der Waals surface area contributed by atoms with Crippen LogP contribution >= 0.6 is 15.9 Å². The maximum atomic E-state index is 5.39. The normalized spacial score (nSPS) is 10.1. The van der Waals surface area contributed by atoms with Crippen molar-refractivity contribution >= 4 is 21.5 Å². The number of halogens is 1. The predicted molar refractivity (Wildman–Crippen MR) is 94.9 cm³/mol. The molecule has 0 fully saturated rings. The Morgan fingerprint density at radius 2 is 1.35 bits per heavy atom. The van der Waals surface area contributed by atoms with Crippen LogP contribution in [0.15, 0.2) is 41.4 Å². The van der Waals surface area contributed by atoms with Crippen LogP contribution in [-0.2, 0) is 0 Å². The first kappa shape index (κ1) is 17.2. The fourth-order valence-corrected chi connectivity index (χ4v) is 2.82. The number of hydrogen-bond donors (Lipinski definition) is 0. The maximum Gasteiger partial charge on any atom is 0.203 e. The van der Waals surface area contributed by atoms with Crippen LogP contribution in [-0.4, -0.2) is 28.4 Å². The van der Waals surface area contributed by atoms with Gasteiger partial charge in [-0.2, -0.15) is 0 Å². The van der Waals surface area contributed by atoms with Gasteiger partial charge in [0.05, 0.1) is 32.9 Å². The van der Waals surface area contributed by atoms with E-state index in [1.54, 1.807) is 28.4 Å². The lowest BCUT2D eigenvalue weighted by Crippen LogP contribution is -1.97. The van der Waals surface area contributed by atoms with Gasteiger partial charge in [0, 0.05) is 0 Å². The number of benzene rings is 2. The van der Waals surface area contributed by atoms with E-state index in [9.17, 15) is 0 Å². The van der Waals surface area contributed by atoms with Gasteiger partial charge in [-0.05, 0) is 56.9 Å². The van der Waals surface area contributed by atoms with Gasteiger partial charge in [0.15, 0.2) is 11.5 Å². The molecule has 0 N–H and O–H groups in total. The zero-order chi connectivity index (χ0) is 17.0. The summed E-state index contributed by atoms with van der Waals surface area (Å²) < 4.78 is 22.2. The molecule has 2 aromatic rings. The molecule has 122 valence electrons. The van der Waals surface area contributed by atoms with E-state index in [1.165, 1.54) is 0 Å². The topological polar surface area (TPSA) is 36.9 Å². The highest BCUT2D eigenvalue weighted by Gasteiger charge is 2.15. The van der Waals surface area contributed by atoms with Gasteiger partial charge in [0.25, 0.3) is 0 Å².